The second-order valence-corrected chi connectivity index (χ2v) is 23.6. The van der Waals surface area contributed by atoms with Gasteiger partial charge in [0.1, 0.15) is 73.2 Å². The minimum Gasteiger partial charge on any atom is -0.394 e. The van der Waals surface area contributed by atoms with Crippen LogP contribution in [-0.4, -0.2) is 193 Å². The first-order valence-corrected chi connectivity index (χ1v) is 33.6. The summed E-state index contributed by atoms with van der Waals surface area (Å²) in [7, 11) is 0. The number of aliphatic hydroxyl groups is 11. The predicted molar refractivity (Wildman–Crippen MR) is 346 cm³/mol. The minimum absolute atomic E-state index is 0.219. The van der Waals surface area contributed by atoms with E-state index in [1.807, 2.05) is 6.08 Å². The molecule has 0 aromatic carbocycles. The average Bonchev–Trinajstić information content (AvgIpc) is 1.92. The third kappa shape index (κ3) is 33.2. The van der Waals surface area contributed by atoms with Crippen molar-refractivity contribution in [3.63, 3.8) is 0 Å². The summed E-state index contributed by atoms with van der Waals surface area (Å²) in [6.45, 7) is 1.57. The maximum absolute atomic E-state index is 13.4. The van der Waals surface area contributed by atoms with Gasteiger partial charge in [-0.15, -0.1) is 0 Å². The van der Waals surface area contributed by atoms with E-state index in [1.54, 1.807) is 6.08 Å². The van der Waals surface area contributed by atoms with Gasteiger partial charge in [0.25, 0.3) is 0 Å². The predicted octanol–water partition coefficient (Wildman–Crippen LogP) is 8.27. The largest absolute Gasteiger partial charge is 0.394 e. The van der Waals surface area contributed by atoms with Crippen molar-refractivity contribution in [1.82, 2.24) is 5.32 Å². The summed E-state index contributed by atoms with van der Waals surface area (Å²) in [5.41, 5.74) is 0. The number of allylic oxidation sites excluding steroid dienone is 17. The van der Waals surface area contributed by atoms with Crippen LogP contribution in [0.2, 0.25) is 0 Å². The molecule has 0 aliphatic carbocycles. The lowest BCUT2D eigenvalue weighted by molar-refractivity contribution is -0.379. The summed E-state index contributed by atoms with van der Waals surface area (Å²) in [6.07, 6.45) is 40.6. The molecule has 1 amide bonds. The molecule has 3 fully saturated rings. The molecule has 89 heavy (non-hydrogen) atoms. The number of unbranched alkanes of at least 4 members (excludes halogenated alkanes) is 17. The van der Waals surface area contributed by atoms with Crippen LogP contribution in [0.3, 0.4) is 0 Å². The highest BCUT2D eigenvalue weighted by atomic mass is 16.8. The van der Waals surface area contributed by atoms with Gasteiger partial charge in [-0.2, -0.15) is 0 Å². The third-order valence-corrected chi connectivity index (χ3v) is 16.1. The van der Waals surface area contributed by atoms with Gasteiger partial charge in [0, 0.05) is 6.42 Å². The molecular formula is C70H117NO18. The molecule has 19 nitrogen and oxygen atoms in total. The summed E-state index contributed by atoms with van der Waals surface area (Å²) < 4.78 is 34.3. The van der Waals surface area contributed by atoms with Crippen LogP contribution in [0.4, 0.5) is 0 Å². The van der Waals surface area contributed by atoms with Gasteiger partial charge in [-0.1, -0.05) is 213 Å². The Labute approximate surface area is 532 Å². The Morgan fingerprint density at radius 2 is 0.775 bits per heavy atom. The zero-order chi connectivity index (χ0) is 64.7. The molecule has 3 saturated heterocycles. The quantitative estimate of drug-likeness (QED) is 0.0201. The van der Waals surface area contributed by atoms with Crippen molar-refractivity contribution in [2.24, 2.45) is 0 Å². The van der Waals surface area contributed by atoms with Crippen LogP contribution >= 0.6 is 0 Å². The molecule has 17 unspecified atom stereocenters. The summed E-state index contributed by atoms with van der Waals surface area (Å²) in [5, 5.41) is 120. The maximum Gasteiger partial charge on any atom is 0.220 e. The summed E-state index contributed by atoms with van der Waals surface area (Å²) in [4.78, 5) is 13.4. The van der Waals surface area contributed by atoms with E-state index >= 15 is 0 Å². The molecule has 3 aliphatic heterocycles. The van der Waals surface area contributed by atoms with E-state index < -0.39 is 124 Å². The van der Waals surface area contributed by atoms with Gasteiger partial charge in [-0.25, -0.2) is 0 Å². The van der Waals surface area contributed by atoms with E-state index in [2.05, 4.69) is 116 Å². The molecule has 3 aliphatic rings. The second-order valence-electron chi connectivity index (χ2n) is 23.6. The lowest BCUT2D eigenvalue weighted by Gasteiger charge is -2.48. The Kier molecular flexibility index (Phi) is 45.6. The smallest absolute Gasteiger partial charge is 0.220 e. The van der Waals surface area contributed by atoms with Gasteiger partial charge < -0.3 is 89.9 Å². The highest BCUT2D eigenvalue weighted by Crippen LogP contribution is 2.33. The van der Waals surface area contributed by atoms with E-state index in [-0.39, 0.29) is 18.9 Å². The van der Waals surface area contributed by atoms with Crippen molar-refractivity contribution >= 4 is 5.91 Å². The first kappa shape index (κ1) is 79.7. The Morgan fingerprint density at radius 3 is 1.21 bits per heavy atom. The van der Waals surface area contributed by atoms with Crippen molar-refractivity contribution in [3.05, 3.63) is 109 Å². The van der Waals surface area contributed by atoms with Gasteiger partial charge in [0.15, 0.2) is 18.9 Å². The number of carbonyl (C=O) groups is 1. The fraction of sp³-hybridized carbons (Fsp3) is 0.729. The molecule has 0 radical (unpaired) electrons. The average molecular weight is 1260 g/mol. The number of rotatable bonds is 49. The van der Waals surface area contributed by atoms with Crippen molar-refractivity contribution in [1.29, 1.82) is 0 Å². The molecule has 0 bridgehead atoms. The van der Waals surface area contributed by atoms with E-state index in [4.69, 9.17) is 28.4 Å². The summed E-state index contributed by atoms with van der Waals surface area (Å²) in [5.74, 6) is -0.296. The van der Waals surface area contributed by atoms with E-state index in [1.165, 1.54) is 51.4 Å². The number of amides is 1. The number of ether oxygens (including phenoxy) is 6. The topological polar surface area (TPSA) is 307 Å². The van der Waals surface area contributed by atoms with E-state index in [0.717, 1.165) is 116 Å². The van der Waals surface area contributed by atoms with Crippen molar-refractivity contribution in [3.8, 4) is 0 Å². The maximum atomic E-state index is 13.4. The Balaban J connectivity index is 1.42. The molecule has 3 rings (SSSR count). The Morgan fingerprint density at radius 1 is 0.416 bits per heavy atom. The van der Waals surface area contributed by atoms with Gasteiger partial charge in [0.05, 0.1) is 38.6 Å². The van der Waals surface area contributed by atoms with Gasteiger partial charge in [-0.05, 0) is 83.5 Å². The summed E-state index contributed by atoms with van der Waals surface area (Å²) in [6, 6.07) is -0.988. The number of aliphatic hydroxyl groups excluding tert-OH is 11. The van der Waals surface area contributed by atoms with Crippen LogP contribution in [0.25, 0.3) is 0 Å². The van der Waals surface area contributed by atoms with Crippen LogP contribution in [-0.2, 0) is 33.2 Å². The lowest BCUT2D eigenvalue weighted by Crippen LogP contribution is -2.66. The first-order valence-electron chi connectivity index (χ1n) is 33.6. The molecule has 0 aromatic heterocycles. The SMILES string of the molecule is CC/C=C\C/C=C\C/C=C\C/C=C\C/C=C\C/C=C\C/C=C\C/C=C\CCCCCCCCC(=O)NC(COC1OC(CO)C(OC2OC(CO)C(OC3OC(CO)C(O)C(O)C3O)C(O)C2O)C(O)C1O)C(O)/C=C/CCCCCCCCCCCCC. The highest BCUT2D eigenvalue weighted by molar-refractivity contribution is 5.76. The van der Waals surface area contributed by atoms with E-state index in [0.29, 0.717) is 6.42 Å². The molecule has 3 heterocycles. The highest BCUT2D eigenvalue weighted by Gasteiger charge is 2.53. The zero-order valence-electron chi connectivity index (χ0n) is 53.6. The van der Waals surface area contributed by atoms with Crippen LogP contribution in [0.15, 0.2) is 109 Å². The molecular weight excluding hydrogens is 1140 g/mol. The Bertz CT molecular complexity index is 2040. The van der Waals surface area contributed by atoms with Crippen molar-refractivity contribution in [2.75, 3.05) is 26.4 Å². The van der Waals surface area contributed by atoms with Gasteiger partial charge >= 0.3 is 0 Å². The fourth-order valence-corrected chi connectivity index (χ4v) is 10.6. The van der Waals surface area contributed by atoms with E-state index in [9.17, 15) is 61.0 Å². The molecule has 0 saturated carbocycles. The van der Waals surface area contributed by atoms with Gasteiger partial charge in [-0.3, -0.25) is 4.79 Å². The number of carbonyl (C=O) groups excluding carboxylic acids is 1. The number of hydrogen-bond acceptors (Lipinski definition) is 18. The molecule has 19 heteroatoms. The molecule has 510 valence electrons. The fourth-order valence-electron chi connectivity index (χ4n) is 10.6. The molecule has 17 atom stereocenters. The van der Waals surface area contributed by atoms with Crippen molar-refractivity contribution in [2.45, 2.75) is 298 Å². The third-order valence-electron chi connectivity index (χ3n) is 16.1. The van der Waals surface area contributed by atoms with Crippen LogP contribution in [0.5, 0.6) is 0 Å². The number of hydrogen-bond donors (Lipinski definition) is 12. The van der Waals surface area contributed by atoms with Crippen LogP contribution in [0, 0.1) is 0 Å². The monoisotopic (exact) mass is 1260 g/mol. The minimum atomic E-state index is -1.98. The first-order chi connectivity index (χ1) is 43.3. The summed E-state index contributed by atoms with van der Waals surface area (Å²) >= 11 is 0. The molecule has 12 N–H and O–H groups in total. The van der Waals surface area contributed by atoms with Crippen LogP contribution < -0.4 is 5.32 Å². The van der Waals surface area contributed by atoms with Crippen LogP contribution in [0.1, 0.15) is 194 Å². The standard InChI is InChI=1S/C70H117NO18/c1-3-5-7-9-11-13-15-17-18-19-20-21-22-23-24-25-26-27-28-29-30-31-32-33-34-36-38-40-42-44-46-48-58(76)71-53(54(75)47-45-43-41-39-37-35-16-14-12-10-8-6-4-2)52-84-68-64(82)61(79)66(56(50-73)86-68)89-70-65(83)62(80)67(57(51-74)87-70)88-69-63(81)60(78)59(77)55(49-72)85-69/h5,7,11,13,17-18,20-21,23-24,26-27,29-30,32-33,45,47,53-57,59-70,72-75,77-83H,3-4,6,8-10,12,14-16,19,22,25,28,31,34-44,46,48-52H2,1-2H3,(H,71,76)/b7-5-,13-11-,18-17-,21-20-,24-23-,27-26-,30-29-,33-32-,47-45+. The lowest BCUT2D eigenvalue weighted by atomic mass is 9.96. The number of nitrogens with one attached hydrogen (secondary N) is 1. The second kappa shape index (κ2) is 50.9. The zero-order valence-corrected chi connectivity index (χ0v) is 53.6. The van der Waals surface area contributed by atoms with Crippen molar-refractivity contribution < 1.29 is 89.4 Å². The van der Waals surface area contributed by atoms with Gasteiger partial charge in [0.2, 0.25) is 5.91 Å². The Hall–Kier alpha value is -3.55. The molecule has 0 aromatic rings. The normalized spacial score (nSPS) is 28.9. The molecule has 0 spiro atoms.